The molecule has 1 aromatic carbocycles. The molecule has 2 aromatic rings. The van der Waals surface area contributed by atoms with Crippen molar-refractivity contribution >= 4 is 23.5 Å². The molecule has 1 fully saturated rings. The minimum Gasteiger partial charge on any atom is -0.337 e. The van der Waals surface area contributed by atoms with Gasteiger partial charge in [-0.05, 0) is 38.8 Å². The Balaban J connectivity index is 1.61. The van der Waals surface area contributed by atoms with Crippen LogP contribution in [-0.2, 0) is 0 Å². The summed E-state index contributed by atoms with van der Waals surface area (Å²) in [6, 6.07) is 7.30. The van der Waals surface area contributed by atoms with Gasteiger partial charge in [-0.25, -0.2) is 4.79 Å². The lowest BCUT2D eigenvalue weighted by Gasteiger charge is -2.15. The van der Waals surface area contributed by atoms with Crippen molar-refractivity contribution in [3.8, 4) is 0 Å². The number of nitrogens with zero attached hydrogens (tertiary/aromatic N) is 2. The van der Waals surface area contributed by atoms with E-state index in [2.05, 4.69) is 26.8 Å². The molecule has 1 saturated carbocycles. The van der Waals surface area contributed by atoms with Gasteiger partial charge in [-0.15, -0.1) is 11.8 Å². The number of urea groups is 1. The molecule has 3 rings (SSSR count). The van der Waals surface area contributed by atoms with E-state index in [0.717, 1.165) is 10.6 Å². The van der Waals surface area contributed by atoms with Gasteiger partial charge in [0.1, 0.15) is 6.04 Å². The molecule has 0 saturated heterocycles. The van der Waals surface area contributed by atoms with Gasteiger partial charge in [-0.2, -0.15) is 4.98 Å². The SMILES string of the molecule is Cc1noc([C@@H](C)NC(=O)Nc2ccccc2SC2CCCC2)n1. The number of amides is 2. The number of para-hydroxylation sites is 1. The van der Waals surface area contributed by atoms with Crippen molar-refractivity contribution in [2.24, 2.45) is 0 Å². The van der Waals surface area contributed by atoms with Crippen LogP contribution in [0.5, 0.6) is 0 Å². The normalized spacial score (nSPS) is 16.1. The molecule has 1 heterocycles. The lowest BCUT2D eigenvalue weighted by Crippen LogP contribution is -2.31. The van der Waals surface area contributed by atoms with Crippen molar-refractivity contribution in [1.29, 1.82) is 0 Å². The molecule has 0 spiro atoms. The fraction of sp³-hybridized carbons (Fsp3) is 0.471. The molecule has 1 aromatic heterocycles. The van der Waals surface area contributed by atoms with Crippen LogP contribution >= 0.6 is 11.8 Å². The molecule has 1 aliphatic rings. The maximum Gasteiger partial charge on any atom is 0.319 e. The third-order valence-corrected chi connectivity index (χ3v) is 5.41. The lowest BCUT2D eigenvalue weighted by atomic mass is 10.3. The summed E-state index contributed by atoms with van der Waals surface area (Å²) in [5, 5.41) is 10.1. The minimum atomic E-state index is -0.346. The van der Waals surface area contributed by atoms with Gasteiger partial charge in [0.05, 0.1) is 5.69 Å². The Labute approximate surface area is 145 Å². The van der Waals surface area contributed by atoms with E-state index in [0.29, 0.717) is 17.0 Å². The van der Waals surface area contributed by atoms with Crippen molar-refractivity contribution in [3.63, 3.8) is 0 Å². The monoisotopic (exact) mass is 346 g/mol. The zero-order chi connectivity index (χ0) is 16.9. The highest BCUT2D eigenvalue weighted by Crippen LogP contribution is 2.37. The molecule has 0 radical (unpaired) electrons. The topological polar surface area (TPSA) is 80.0 Å². The van der Waals surface area contributed by atoms with Crippen LogP contribution in [-0.4, -0.2) is 21.4 Å². The smallest absolute Gasteiger partial charge is 0.319 e. The lowest BCUT2D eigenvalue weighted by molar-refractivity contribution is 0.245. The van der Waals surface area contributed by atoms with E-state index in [4.69, 9.17) is 4.52 Å². The number of carbonyl (C=O) groups is 1. The summed E-state index contributed by atoms with van der Waals surface area (Å²) >= 11 is 1.86. The van der Waals surface area contributed by atoms with Crippen molar-refractivity contribution in [3.05, 3.63) is 36.0 Å². The molecular formula is C17H22N4O2S. The van der Waals surface area contributed by atoms with Gasteiger partial charge in [0, 0.05) is 10.1 Å². The molecule has 2 N–H and O–H groups in total. The van der Waals surface area contributed by atoms with Crippen molar-refractivity contribution < 1.29 is 9.32 Å². The Morgan fingerprint density at radius 2 is 2.08 bits per heavy atom. The standard InChI is InChI=1S/C17H22N4O2S/c1-11(16-19-12(2)21-23-16)18-17(22)20-14-9-5-6-10-15(14)24-13-7-3-4-8-13/h5-6,9-11,13H,3-4,7-8H2,1-2H3,(H2,18,20,22)/t11-/m1/s1. The Bertz CT molecular complexity index is 697. The highest BCUT2D eigenvalue weighted by atomic mass is 32.2. The average molecular weight is 346 g/mol. The first-order chi connectivity index (χ1) is 11.6. The summed E-state index contributed by atoms with van der Waals surface area (Å²) in [5.74, 6) is 0.952. The Kier molecular flexibility index (Phi) is 5.40. The van der Waals surface area contributed by atoms with E-state index in [-0.39, 0.29) is 12.1 Å². The highest BCUT2D eigenvalue weighted by molar-refractivity contribution is 8.00. The molecule has 0 unspecified atom stereocenters. The third kappa shape index (κ3) is 4.29. The van der Waals surface area contributed by atoms with Crippen LogP contribution in [0.4, 0.5) is 10.5 Å². The molecule has 24 heavy (non-hydrogen) atoms. The van der Waals surface area contributed by atoms with E-state index < -0.39 is 0 Å². The Morgan fingerprint density at radius 3 is 2.79 bits per heavy atom. The predicted molar refractivity (Wildman–Crippen MR) is 94.2 cm³/mol. The van der Waals surface area contributed by atoms with Crippen molar-refractivity contribution in [2.45, 2.75) is 55.7 Å². The first-order valence-electron chi connectivity index (χ1n) is 8.25. The van der Waals surface area contributed by atoms with Crippen molar-refractivity contribution in [1.82, 2.24) is 15.5 Å². The van der Waals surface area contributed by atoms with E-state index >= 15 is 0 Å². The maximum absolute atomic E-state index is 12.3. The summed E-state index contributed by atoms with van der Waals surface area (Å²) in [7, 11) is 0. The van der Waals surface area contributed by atoms with Gasteiger partial charge in [0.15, 0.2) is 5.82 Å². The van der Waals surface area contributed by atoms with Gasteiger partial charge in [0.2, 0.25) is 5.89 Å². The number of anilines is 1. The average Bonchev–Trinajstić information content (AvgIpc) is 3.21. The number of carbonyl (C=O) groups excluding carboxylic acids is 1. The van der Waals surface area contributed by atoms with E-state index in [1.54, 1.807) is 6.92 Å². The fourth-order valence-electron chi connectivity index (χ4n) is 2.76. The van der Waals surface area contributed by atoms with Crippen LogP contribution in [0.2, 0.25) is 0 Å². The quantitative estimate of drug-likeness (QED) is 0.844. The van der Waals surface area contributed by atoms with Crippen LogP contribution in [0.25, 0.3) is 0 Å². The van der Waals surface area contributed by atoms with E-state index in [1.165, 1.54) is 25.7 Å². The second kappa shape index (κ2) is 7.70. The maximum atomic E-state index is 12.3. The first-order valence-corrected chi connectivity index (χ1v) is 9.13. The molecule has 2 amide bonds. The van der Waals surface area contributed by atoms with Crippen LogP contribution in [0.1, 0.15) is 50.4 Å². The number of nitrogens with one attached hydrogen (secondary N) is 2. The zero-order valence-corrected chi connectivity index (χ0v) is 14.7. The molecule has 7 heteroatoms. The number of aromatic nitrogens is 2. The largest absolute Gasteiger partial charge is 0.337 e. The van der Waals surface area contributed by atoms with Gasteiger partial charge >= 0.3 is 6.03 Å². The van der Waals surface area contributed by atoms with Gasteiger partial charge in [-0.1, -0.05) is 30.1 Å². The first kappa shape index (κ1) is 16.8. The molecule has 128 valence electrons. The molecule has 0 bridgehead atoms. The summed E-state index contributed by atoms with van der Waals surface area (Å²) < 4.78 is 5.08. The fourth-order valence-corrected chi connectivity index (χ4v) is 4.10. The Hall–Kier alpha value is -2.02. The van der Waals surface area contributed by atoms with Crippen LogP contribution in [0.3, 0.4) is 0 Å². The number of aryl methyl sites for hydroxylation is 1. The van der Waals surface area contributed by atoms with Crippen LogP contribution in [0, 0.1) is 6.92 Å². The van der Waals surface area contributed by atoms with Gasteiger partial charge in [-0.3, -0.25) is 0 Å². The van der Waals surface area contributed by atoms with Gasteiger partial charge in [0.25, 0.3) is 0 Å². The second-order valence-corrected chi connectivity index (χ2v) is 7.36. The number of hydrogen-bond acceptors (Lipinski definition) is 5. The van der Waals surface area contributed by atoms with Gasteiger partial charge < -0.3 is 15.2 Å². The van der Waals surface area contributed by atoms with Crippen LogP contribution < -0.4 is 10.6 Å². The summed E-state index contributed by atoms with van der Waals surface area (Å²) in [6.45, 7) is 3.56. The third-order valence-electron chi connectivity index (χ3n) is 3.99. The molecular weight excluding hydrogens is 324 g/mol. The number of rotatable bonds is 5. The number of benzene rings is 1. The second-order valence-electron chi connectivity index (χ2n) is 6.02. The van der Waals surface area contributed by atoms with E-state index in [1.807, 2.05) is 36.9 Å². The molecule has 6 nitrogen and oxygen atoms in total. The Morgan fingerprint density at radius 1 is 1.33 bits per heavy atom. The molecule has 1 aliphatic carbocycles. The predicted octanol–water partition coefficient (Wildman–Crippen LogP) is 4.30. The van der Waals surface area contributed by atoms with Crippen LogP contribution in [0.15, 0.2) is 33.7 Å². The molecule has 0 aliphatic heterocycles. The van der Waals surface area contributed by atoms with E-state index in [9.17, 15) is 4.79 Å². The number of hydrogen-bond donors (Lipinski definition) is 2. The summed E-state index contributed by atoms with van der Waals surface area (Å²) in [6.07, 6.45) is 5.10. The summed E-state index contributed by atoms with van der Waals surface area (Å²) in [5.41, 5.74) is 0.834. The number of thioether (sulfide) groups is 1. The zero-order valence-electron chi connectivity index (χ0n) is 13.9. The molecule has 1 atom stereocenters. The highest BCUT2D eigenvalue weighted by Gasteiger charge is 2.19. The van der Waals surface area contributed by atoms with Crippen molar-refractivity contribution in [2.75, 3.05) is 5.32 Å². The minimum absolute atomic E-state index is 0.280. The summed E-state index contributed by atoms with van der Waals surface area (Å²) in [4.78, 5) is 17.5.